The Labute approximate surface area is 264 Å². The highest BCUT2D eigenvalue weighted by molar-refractivity contribution is 6.17. The Morgan fingerprint density at radius 3 is 2.46 bits per heavy atom. The molecule has 0 saturated carbocycles. The van der Waals surface area contributed by atoms with Crippen molar-refractivity contribution in [3.8, 4) is 28.7 Å². The minimum absolute atomic E-state index is 0.00788. The fourth-order valence-electron chi connectivity index (χ4n) is 7.27. The molecule has 0 radical (unpaired) electrons. The lowest BCUT2D eigenvalue weighted by molar-refractivity contribution is -0.269. The zero-order valence-corrected chi connectivity index (χ0v) is 25.8. The lowest BCUT2D eigenvalue weighted by Crippen LogP contribution is -2.59. The van der Waals surface area contributed by atoms with Crippen LogP contribution < -0.4 is 4.74 Å². The number of aromatic hydroxyl groups is 4. The predicted molar refractivity (Wildman–Crippen MR) is 162 cm³/mol. The number of rotatable bonds is 7. The Morgan fingerprint density at radius 1 is 1.02 bits per heavy atom. The molecule has 0 amide bonds. The van der Waals surface area contributed by atoms with Crippen LogP contribution in [0.15, 0.2) is 18.2 Å². The predicted octanol–water partition coefficient (Wildman–Crippen LogP) is 1.08. The van der Waals surface area contributed by atoms with Gasteiger partial charge in [0.2, 0.25) is 0 Å². The van der Waals surface area contributed by atoms with Crippen LogP contribution in [-0.4, -0.2) is 129 Å². The maximum atomic E-state index is 11.8. The highest BCUT2D eigenvalue weighted by Crippen LogP contribution is 2.57. The second-order valence-corrected chi connectivity index (χ2v) is 12.3. The molecule has 8 atom stereocenters. The van der Waals surface area contributed by atoms with Crippen molar-refractivity contribution in [1.29, 1.82) is 0 Å². The summed E-state index contributed by atoms with van der Waals surface area (Å²) in [5.41, 5.74) is -2.07. The van der Waals surface area contributed by atoms with Crippen molar-refractivity contribution in [2.24, 2.45) is 0 Å². The van der Waals surface area contributed by atoms with Gasteiger partial charge in [-0.1, -0.05) is 12.1 Å². The van der Waals surface area contributed by atoms with E-state index in [9.17, 15) is 40.9 Å². The molecule has 14 heteroatoms. The van der Waals surface area contributed by atoms with E-state index in [-0.39, 0.29) is 51.3 Å². The molecule has 0 spiro atoms. The van der Waals surface area contributed by atoms with Crippen molar-refractivity contribution < 1.29 is 64.5 Å². The SMILES string of the molecule is COc1cccc2c(O)c3c(O)c4c(c(O)c3c(O)c12)[C@@H](O[C@H]1C[C@H](N2CCO[C@H](OC)C2)[C@H](O)[C@H](C)O1)C[C@](O)(C(O)CO)C4. The standard InChI is InChI=1S/C32H41NO13/c1-14-27(36)17(33-7-8-44-22(12-33)43-3)9-21(45-14)46-19-11-32(41,20(35)13-34)10-16-24(19)31(40)26-25(29(16)38)28(37)15-5-4-6-18(42-2)23(15)30(26)39/h4-6,14,17,19-22,27,34-41H,7-13H2,1-3H3/t14-,17-,19-,20?,21-,22-,27+,32-/m0/s1. The number of hydrogen-bond donors (Lipinski definition) is 8. The van der Waals surface area contributed by atoms with E-state index in [2.05, 4.69) is 0 Å². The Kier molecular flexibility index (Phi) is 8.86. The van der Waals surface area contributed by atoms with Crippen LogP contribution in [0.5, 0.6) is 28.7 Å². The van der Waals surface area contributed by atoms with Gasteiger partial charge >= 0.3 is 0 Å². The van der Waals surface area contributed by atoms with Gasteiger partial charge in [-0.25, -0.2) is 0 Å². The largest absolute Gasteiger partial charge is 0.507 e. The molecule has 14 nitrogen and oxygen atoms in total. The van der Waals surface area contributed by atoms with Gasteiger partial charge in [-0.2, -0.15) is 0 Å². The van der Waals surface area contributed by atoms with E-state index in [0.717, 1.165) is 0 Å². The maximum absolute atomic E-state index is 11.8. The van der Waals surface area contributed by atoms with Crippen LogP contribution in [0.25, 0.3) is 21.5 Å². The molecule has 2 heterocycles. The normalized spacial score (nSPS) is 31.2. The van der Waals surface area contributed by atoms with Gasteiger partial charge in [0, 0.05) is 62.0 Å². The van der Waals surface area contributed by atoms with E-state index in [4.69, 9.17) is 23.7 Å². The van der Waals surface area contributed by atoms with Gasteiger partial charge in [-0.15, -0.1) is 0 Å². The maximum Gasteiger partial charge on any atom is 0.169 e. The third kappa shape index (κ3) is 5.27. The number of hydrogen-bond acceptors (Lipinski definition) is 14. The van der Waals surface area contributed by atoms with Crippen LogP contribution in [-0.2, 0) is 25.4 Å². The number of nitrogens with zero attached hydrogens (tertiary/aromatic N) is 1. The van der Waals surface area contributed by atoms with Crippen LogP contribution >= 0.6 is 0 Å². The molecule has 3 aromatic carbocycles. The minimum atomic E-state index is -2.03. The number of methoxy groups -OCH3 is 2. The smallest absolute Gasteiger partial charge is 0.169 e. The molecule has 2 fully saturated rings. The molecule has 6 rings (SSSR count). The first kappa shape index (κ1) is 32.7. The number of phenols is 4. The highest BCUT2D eigenvalue weighted by Gasteiger charge is 2.49. The number of aliphatic hydroxyl groups is 4. The second kappa shape index (κ2) is 12.4. The van der Waals surface area contributed by atoms with E-state index in [1.54, 1.807) is 19.1 Å². The summed E-state index contributed by atoms with van der Waals surface area (Å²) in [5.74, 6) is -1.78. The molecule has 3 aromatic rings. The molecule has 252 valence electrons. The number of morpholine rings is 1. The number of fused-ring (bicyclic) bond motifs is 3. The van der Waals surface area contributed by atoms with Crippen molar-refractivity contribution in [1.82, 2.24) is 4.90 Å². The number of ether oxygens (including phenoxy) is 5. The molecule has 46 heavy (non-hydrogen) atoms. The summed E-state index contributed by atoms with van der Waals surface area (Å²) in [6.07, 6.45) is -6.54. The topological polar surface area (TPSA) is 211 Å². The summed E-state index contributed by atoms with van der Waals surface area (Å²) >= 11 is 0. The van der Waals surface area contributed by atoms with E-state index in [0.29, 0.717) is 19.7 Å². The summed E-state index contributed by atoms with van der Waals surface area (Å²) in [6, 6.07) is 4.23. The third-order valence-electron chi connectivity index (χ3n) is 9.73. The molecule has 0 aromatic heterocycles. The molecule has 2 aliphatic heterocycles. The second-order valence-electron chi connectivity index (χ2n) is 12.3. The van der Waals surface area contributed by atoms with Crippen LogP contribution in [0.3, 0.4) is 0 Å². The Bertz CT molecular complexity index is 1620. The Balaban J connectivity index is 1.47. The van der Waals surface area contributed by atoms with Crippen molar-refractivity contribution >= 4 is 21.5 Å². The van der Waals surface area contributed by atoms with Gasteiger partial charge in [0.1, 0.15) is 34.9 Å². The van der Waals surface area contributed by atoms with E-state index >= 15 is 0 Å². The first-order valence-corrected chi connectivity index (χ1v) is 15.2. The lowest BCUT2D eigenvalue weighted by atomic mass is 9.74. The van der Waals surface area contributed by atoms with Crippen LogP contribution in [0.4, 0.5) is 0 Å². The Hall–Kier alpha value is -3.18. The van der Waals surface area contributed by atoms with Gasteiger partial charge in [-0.3, -0.25) is 4.90 Å². The molecule has 1 aliphatic carbocycles. The van der Waals surface area contributed by atoms with Gasteiger partial charge in [0.05, 0.1) is 60.4 Å². The molecular weight excluding hydrogens is 606 g/mol. The molecular formula is C32H41NO13. The molecule has 8 N–H and O–H groups in total. The monoisotopic (exact) mass is 647 g/mol. The number of phenolic OH excluding ortho intramolecular Hbond substituents is 4. The van der Waals surface area contributed by atoms with Gasteiger partial charge in [-0.05, 0) is 13.0 Å². The summed E-state index contributed by atoms with van der Waals surface area (Å²) in [5, 5.41) is 89.1. The third-order valence-corrected chi connectivity index (χ3v) is 9.73. The van der Waals surface area contributed by atoms with Crippen LogP contribution in [0.2, 0.25) is 0 Å². The Morgan fingerprint density at radius 2 is 1.76 bits per heavy atom. The quantitative estimate of drug-likeness (QED) is 0.133. The zero-order chi connectivity index (χ0) is 33.1. The minimum Gasteiger partial charge on any atom is -0.507 e. The van der Waals surface area contributed by atoms with Crippen LogP contribution in [0.1, 0.15) is 37.0 Å². The van der Waals surface area contributed by atoms with Gasteiger partial charge < -0.3 is 64.5 Å². The van der Waals surface area contributed by atoms with Crippen molar-refractivity contribution in [3.63, 3.8) is 0 Å². The first-order chi connectivity index (χ1) is 21.9. The summed E-state index contributed by atoms with van der Waals surface area (Å²) in [7, 11) is 2.92. The van der Waals surface area contributed by atoms with Crippen molar-refractivity contribution in [2.45, 2.75) is 74.8 Å². The summed E-state index contributed by atoms with van der Waals surface area (Å²) < 4.78 is 28.8. The highest BCUT2D eigenvalue weighted by atomic mass is 16.7. The summed E-state index contributed by atoms with van der Waals surface area (Å²) in [6.45, 7) is 2.20. The zero-order valence-electron chi connectivity index (χ0n) is 25.8. The average molecular weight is 648 g/mol. The van der Waals surface area contributed by atoms with Gasteiger partial charge in [0.25, 0.3) is 0 Å². The summed E-state index contributed by atoms with van der Waals surface area (Å²) in [4.78, 5) is 2.02. The molecule has 2 saturated heterocycles. The first-order valence-electron chi connectivity index (χ1n) is 15.2. The fraction of sp³-hybridized carbons (Fsp3) is 0.562. The average Bonchev–Trinajstić information content (AvgIpc) is 3.05. The number of aliphatic hydroxyl groups excluding tert-OH is 3. The van der Waals surface area contributed by atoms with Crippen LogP contribution in [0, 0.1) is 0 Å². The fourth-order valence-corrected chi connectivity index (χ4v) is 7.27. The molecule has 1 unspecified atom stereocenters. The molecule has 0 bridgehead atoms. The van der Waals surface area contributed by atoms with E-state index in [1.807, 2.05) is 4.90 Å². The molecule has 3 aliphatic rings. The van der Waals surface area contributed by atoms with E-state index < -0.39 is 84.7 Å². The van der Waals surface area contributed by atoms with E-state index in [1.165, 1.54) is 20.3 Å². The van der Waals surface area contributed by atoms with Crippen molar-refractivity contribution in [3.05, 3.63) is 29.3 Å². The van der Waals surface area contributed by atoms with Crippen molar-refractivity contribution in [2.75, 3.05) is 40.5 Å². The lowest BCUT2D eigenvalue weighted by Gasteiger charge is -2.47. The number of benzene rings is 3. The van der Waals surface area contributed by atoms with Gasteiger partial charge in [0.15, 0.2) is 12.6 Å².